The molecule has 5 nitrogen and oxygen atoms in total. The van der Waals surface area contributed by atoms with Crippen LogP contribution in [0.25, 0.3) is 0 Å². The van der Waals surface area contributed by atoms with Gasteiger partial charge in [0.1, 0.15) is 11.6 Å². The highest BCUT2D eigenvalue weighted by Crippen LogP contribution is 2.36. The molecular formula is C15H15F2N3O2S. The third-order valence-corrected chi connectivity index (χ3v) is 4.59. The van der Waals surface area contributed by atoms with Crippen molar-refractivity contribution < 1.29 is 18.0 Å². The van der Waals surface area contributed by atoms with Crippen LogP contribution in [0.4, 0.5) is 8.78 Å². The highest BCUT2D eigenvalue weighted by atomic mass is 32.2. The Bertz CT molecular complexity index is 702. The van der Waals surface area contributed by atoms with Crippen molar-refractivity contribution in [3.8, 4) is 0 Å². The van der Waals surface area contributed by atoms with Crippen LogP contribution in [0.2, 0.25) is 0 Å². The van der Waals surface area contributed by atoms with E-state index < -0.39 is 16.9 Å². The Morgan fingerprint density at radius 2 is 2.09 bits per heavy atom. The molecule has 0 aliphatic carbocycles. The average Bonchev–Trinajstić information content (AvgIpc) is 3.09. The highest BCUT2D eigenvalue weighted by molar-refractivity contribution is 7.99. The number of hydrogen-bond donors (Lipinski definition) is 0. The number of rotatable bonds is 5. The standard InChI is InChI=1S/C15H15F2N3O2S/c1-9(14-10(16)4-2-5-11(14)17)23-15-19-18-12(22-15)8-20-7-3-6-13(20)21/h2,4-5,9H,3,6-8H2,1H3. The molecule has 1 aromatic heterocycles. The molecule has 1 amide bonds. The van der Waals surface area contributed by atoms with Crippen LogP contribution in [0, 0.1) is 11.6 Å². The molecule has 1 atom stereocenters. The van der Waals surface area contributed by atoms with Crippen molar-refractivity contribution in [2.75, 3.05) is 6.54 Å². The molecule has 1 aliphatic rings. The zero-order valence-corrected chi connectivity index (χ0v) is 13.3. The minimum absolute atomic E-state index is 0.0213. The predicted octanol–water partition coefficient (Wildman–Crippen LogP) is 3.32. The number of benzene rings is 1. The first kappa shape index (κ1) is 15.9. The number of thioether (sulfide) groups is 1. The van der Waals surface area contributed by atoms with Crippen LogP contribution >= 0.6 is 11.8 Å². The lowest BCUT2D eigenvalue weighted by atomic mass is 10.1. The third kappa shape index (κ3) is 3.52. The van der Waals surface area contributed by atoms with Crippen LogP contribution in [-0.4, -0.2) is 27.5 Å². The first-order chi connectivity index (χ1) is 11.0. The van der Waals surface area contributed by atoms with Crippen molar-refractivity contribution in [2.45, 2.75) is 36.8 Å². The number of hydrogen-bond acceptors (Lipinski definition) is 5. The molecule has 8 heteroatoms. The van der Waals surface area contributed by atoms with Gasteiger partial charge < -0.3 is 9.32 Å². The van der Waals surface area contributed by atoms with Gasteiger partial charge in [-0.15, -0.1) is 10.2 Å². The Kier molecular flexibility index (Phi) is 4.61. The molecule has 0 saturated carbocycles. The van der Waals surface area contributed by atoms with E-state index in [2.05, 4.69) is 10.2 Å². The van der Waals surface area contributed by atoms with Gasteiger partial charge in [-0.1, -0.05) is 17.8 Å². The van der Waals surface area contributed by atoms with Crippen molar-refractivity contribution in [1.82, 2.24) is 15.1 Å². The maximum atomic E-state index is 13.8. The Hall–Kier alpha value is -1.96. The summed E-state index contributed by atoms with van der Waals surface area (Å²) in [6.45, 7) is 2.62. The first-order valence-electron chi connectivity index (χ1n) is 7.25. The summed E-state index contributed by atoms with van der Waals surface area (Å²) in [5, 5.41) is 7.47. The molecule has 2 aromatic rings. The van der Waals surface area contributed by atoms with Crippen molar-refractivity contribution in [2.24, 2.45) is 0 Å². The molecule has 2 heterocycles. The van der Waals surface area contributed by atoms with Crippen molar-refractivity contribution in [3.05, 3.63) is 41.3 Å². The van der Waals surface area contributed by atoms with E-state index in [4.69, 9.17) is 4.42 Å². The summed E-state index contributed by atoms with van der Waals surface area (Å²) in [5.74, 6) is -0.817. The van der Waals surface area contributed by atoms with E-state index in [1.807, 2.05) is 0 Å². The number of nitrogens with zero attached hydrogens (tertiary/aromatic N) is 3. The van der Waals surface area contributed by atoms with Crippen molar-refractivity contribution >= 4 is 17.7 Å². The van der Waals surface area contributed by atoms with Gasteiger partial charge in [-0.05, 0) is 25.5 Å². The largest absolute Gasteiger partial charge is 0.414 e. The van der Waals surface area contributed by atoms with Gasteiger partial charge in [-0.2, -0.15) is 0 Å². The third-order valence-electron chi connectivity index (χ3n) is 3.63. The van der Waals surface area contributed by atoms with Gasteiger partial charge in [0, 0.05) is 23.8 Å². The molecule has 1 unspecified atom stereocenters. The SMILES string of the molecule is CC(Sc1nnc(CN2CCCC2=O)o1)c1c(F)cccc1F. The first-order valence-corrected chi connectivity index (χ1v) is 8.13. The smallest absolute Gasteiger partial charge is 0.277 e. The van der Waals surface area contributed by atoms with Crippen LogP contribution in [-0.2, 0) is 11.3 Å². The Morgan fingerprint density at radius 3 is 2.74 bits per heavy atom. The second-order valence-corrected chi connectivity index (χ2v) is 6.57. The normalized spacial score (nSPS) is 16.1. The lowest BCUT2D eigenvalue weighted by Crippen LogP contribution is -2.23. The molecule has 23 heavy (non-hydrogen) atoms. The van der Waals surface area contributed by atoms with Gasteiger partial charge in [0.05, 0.1) is 6.54 Å². The van der Waals surface area contributed by atoms with Crippen LogP contribution in [0.15, 0.2) is 27.8 Å². The summed E-state index contributed by atoms with van der Waals surface area (Å²) < 4.78 is 33.0. The van der Waals surface area contributed by atoms with Gasteiger partial charge in [0.15, 0.2) is 0 Å². The van der Waals surface area contributed by atoms with E-state index >= 15 is 0 Å². The van der Waals surface area contributed by atoms with Gasteiger partial charge in [0.25, 0.3) is 5.22 Å². The molecule has 0 spiro atoms. The average molecular weight is 339 g/mol. The Morgan fingerprint density at radius 1 is 1.35 bits per heavy atom. The van der Waals surface area contributed by atoms with Crippen molar-refractivity contribution in [1.29, 1.82) is 0 Å². The fourth-order valence-electron chi connectivity index (χ4n) is 2.49. The molecule has 1 fully saturated rings. The highest BCUT2D eigenvalue weighted by Gasteiger charge is 2.23. The quantitative estimate of drug-likeness (QED) is 0.782. The number of carbonyl (C=O) groups is 1. The molecule has 122 valence electrons. The number of amides is 1. The zero-order chi connectivity index (χ0) is 16.4. The minimum Gasteiger partial charge on any atom is -0.414 e. The second kappa shape index (κ2) is 6.66. The van der Waals surface area contributed by atoms with E-state index in [9.17, 15) is 13.6 Å². The number of aromatic nitrogens is 2. The summed E-state index contributed by atoms with van der Waals surface area (Å²) in [6, 6.07) is 3.75. The Balaban J connectivity index is 1.68. The van der Waals surface area contributed by atoms with Crippen LogP contribution in [0.3, 0.4) is 0 Å². The molecule has 1 aromatic carbocycles. The van der Waals surface area contributed by atoms with Crippen LogP contribution in [0.1, 0.15) is 36.5 Å². The van der Waals surface area contributed by atoms with E-state index in [0.717, 1.165) is 18.2 Å². The zero-order valence-electron chi connectivity index (χ0n) is 12.5. The minimum atomic E-state index is -0.604. The molecule has 3 rings (SSSR count). The molecule has 1 aliphatic heterocycles. The van der Waals surface area contributed by atoms with Gasteiger partial charge in [-0.3, -0.25) is 4.79 Å². The fourth-order valence-corrected chi connectivity index (χ4v) is 3.37. The number of likely N-dealkylation sites (tertiary alicyclic amines) is 1. The summed E-state index contributed by atoms with van der Waals surface area (Å²) in [6.07, 6.45) is 1.37. The number of halogens is 2. The maximum Gasteiger partial charge on any atom is 0.277 e. The summed E-state index contributed by atoms with van der Waals surface area (Å²) >= 11 is 1.08. The maximum absolute atomic E-state index is 13.8. The van der Waals surface area contributed by atoms with Gasteiger partial charge in [0.2, 0.25) is 11.8 Å². The van der Waals surface area contributed by atoms with Crippen LogP contribution in [0.5, 0.6) is 0 Å². The molecule has 1 saturated heterocycles. The summed E-state index contributed by atoms with van der Waals surface area (Å²) in [5.41, 5.74) is -0.0213. The van der Waals surface area contributed by atoms with Crippen molar-refractivity contribution in [3.63, 3.8) is 0 Å². The topological polar surface area (TPSA) is 59.2 Å². The predicted molar refractivity (Wildman–Crippen MR) is 79.6 cm³/mol. The number of carbonyl (C=O) groups excluding carboxylic acids is 1. The summed E-state index contributed by atoms with van der Waals surface area (Å²) in [4.78, 5) is 13.2. The van der Waals surface area contributed by atoms with E-state index in [1.54, 1.807) is 11.8 Å². The lowest BCUT2D eigenvalue weighted by Gasteiger charge is -2.12. The molecule has 0 radical (unpaired) electrons. The Labute approximate surface area is 136 Å². The summed E-state index contributed by atoms with van der Waals surface area (Å²) in [7, 11) is 0. The molecule has 0 N–H and O–H groups in total. The van der Waals surface area contributed by atoms with Gasteiger partial charge >= 0.3 is 0 Å². The fraction of sp³-hybridized carbons (Fsp3) is 0.400. The molecular weight excluding hydrogens is 324 g/mol. The monoisotopic (exact) mass is 339 g/mol. The van der Waals surface area contributed by atoms with Crippen LogP contribution < -0.4 is 0 Å². The second-order valence-electron chi connectivity index (χ2n) is 5.28. The van der Waals surface area contributed by atoms with E-state index in [1.165, 1.54) is 18.2 Å². The van der Waals surface area contributed by atoms with E-state index in [0.29, 0.717) is 18.9 Å². The molecule has 0 bridgehead atoms. The lowest BCUT2D eigenvalue weighted by molar-refractivity contribution is -0.128. The van der Waals surface area contributed by atoms with E-state index in [-0.39, 0.29) is 23.2 Å². The van der Waals surface area contributed by atoms with Gasteiger partial charge in [-0.25, -0.2) is 8.78 Å².